The molecule has 0 spiro atoms. The van der Waals surface area contributed by atoms with E-state index in [2.05, 4.69) is 46.2 Å². The van der Waals surface area contributed by atoms with Gasteiger partial charge in [0.05, 0.1) is 4.21 Å². The lowest BCUT2D eigenvalue weighted by atomic mass is 10.1. The van der Waals surface area contributed by atoms with E-state index in [-0.39, 0.29) is 0 Å². The van der Waals surface area contributed by atoms with Gasteiger partial charge < -0.3 is 5.32 Å². The van der Waals surface area contributed by atoms with E-state index in [1.54, 1.807) is 0 Å². The first-order valence-corrected chi connectivity index (χ1v) is 7.52. The molecular weight excluding hydrogens is 290 g/mol. The molecule has 2 heterocycles. The molecule has 0 bridgehead atoms. The smallest absolute Gasteiger partial charge is 0.0649 e. The van der Waals surface area contributed by atoms with Gasteiger partial charge in [-0.05, 0) is 23.4 Å². The molecule has 15 heavy (non-hydrogen) atoms. The fourth-order valence-corrected chi connectivity index (χ4v) is 4.51. The fraction of sp³-hybridized carbons (Fsp3) is 0.455. The maximum Gasteiger partial charge on any atom is 0.0649 e. The van der Waals surface area contributed by atoms with Crippen molar-refractivity contribution in [3.05, 3.63) is 28.1 Å². The standard InChI is InChI=1S/C11H14BrNS2/c1-7(12)6-13-10-5-8(2)15-11-9(10)3-4-14-11/h3-4,8,10,13H,1,5-6H2,2H3/t8-,10?/m0/s1. The maximum atomic E-state index is 3.85. The Morgan fingerprint density at radius 1 is 1.73 bits per heavy atom. The number of thiophene rings is 1. The highest BCUT2D eigenvalue weighted by atomic mass is 79.9. The normalized spacial score (nSPS) is 24.9. The number of hydrogen-bond donors (Lipinski definition) is 1. The van der Waals surface area contributed by atoms with Gasteiger partial charge >= 0.3 is 0 Å². The summed E-state index contributed by atoms with van der Waals surface area (Å²) in [6, 6.07) is 2.74. The first kappa shape index (κ1) is 11.7. The Hall–Kier alpha value is 0.230. The van der Waals surface area contributed by atoms with Crippen LogP contribution in [0.4, 0.5) is 0 Å². The zero-order valence-electron chi connectivity index (χ0n) is 8.63. The van der Waals surface area contributed by atoms with Crippen molar-refractivity contribution in [1.29, 1.82) is 0 Å². The summed E-state index contributed by atoms with van der Waals surface area (Å²) in [4.78, 5) is 0. The molecule has 1 nitrogen and oxygen atoms in total. The first-order valence-electron chi connectivity index (χ1n) is 4.97. The first-order chi connectivity index (χ1) is 7.16. The zero-order valence-corrected chi connectivity index (χ0v) is 11.8. The summed E-state index contributed by atoms with van der Waals surface area (Å²) in [7, 11) is 0. The highest BCUT2D eigenvalue weighted by molar-refractivity contribution is 9.11. The lowest BCUT2D eigenvalue weighted by Gasteiger charge is -2.27. The number of fused-ring (bicyclic) bond motifs is 1. The van der Waals surface area contributed by atoms with E-state index in [0.29, 0.717) is 11.3 Å². The Labute approximate surface area is 107 Å². The third-order valence-electron chi connectivity index (χ3n) is 2.45. The summed E-state index contributed by atoms with van der Waals surface area (Å²) >= 11 is 7.24. The largest absolute Gasteiger partial charge is 0.305 e. The van der Waals surface area contributed by atoms with Crippen molar-refractivity contribution in [2.75, 3.05) is 6.54 Å². The van der Waals surface area contributed by atoms with Crippen LogP contribution in [0.5, 0.6) is 0 Å². The highest BCUT2D eigenvalue weighted by Gasteiger charge is 2.25. The second-order valence-electron chi connectivity index (χ2n) is 3.78. The van der Waals surface area contributed by atoms with Gasteiger partial charge in [0, 0.05) is 22.3 Å². The Kier molecular flexibility index (Phi) is 3.93. The van der Waals surface area contributed by atoms with Gasteiger partial charge in [-0.3, -0.25) is 0 Å². The highest BCUT2D eigenvalue weighted by Crippen LogP contribution is 2.43. The molecular formula is C11H14BrNS2. The molecule has 4 heteroatoms. The van der Waals surface area contributed by atoms with Crippen molar-refractivity contribution < 1.29 is 0 Å². The van der Waals surface area contributed by atoms with Crippen molar-refractivity contribution in [2.24, 2.45) is 0 Å². The molecule has 1 aliphatic rings. The van der Waals surface area contributed by atoms with Gasteiger partial charge in [0.2, 0.25) is 0 Å². The Bertz CT molecular complexity index is 361. The van der Waals surface area contributed by atoms with Crippen LogP contribution in [0.2, 0.25) is 0 Å². The number of rotatable bonds is 3. The third kappa shape index (κ3) is 2.87. The maximum absolute atomic E-state index is 3.85. The predicted octanol–water partition coefficient (Wildman–Crippen LogP) is 4.17. The molecule has 82 valence electrons. The third-order valence-corrected chi connectivity index (χ3v) is 5.07. The number of halogens is 1. The van der Waals surface area contributed by atoms with Crippen LogP contribution in [-0.2, 0) is 0 Å². The molecule has 0 saturated heterocycles. The minimum absolute atomic E-state index is 0.497. The molecule has 0 fully saturated rings. The quantitative estimate of drug-likeness (QED) is 0.899. The van der Waals surface area contributed by atoms with Crippen LogP contribution < -0.4 is 5.32 Å². The van der Waals surface area contributed by atoms with Crippen LogP contribution in [0.3, 0.4) is 0 Å². The molecule has 0 saturated carbocycles. The van der Waals surface area contributed by atoms with Gasteiger partial charge in [0.15, 0.2) is 0 Å². The molecule has 0 aromatic carbocycles. The Morgan fingerprint density at radius 3 is 3.27 bits per heavy atom. The van der Waals surface area contributed by atoms with Crippen molar-refractivity contribution in [3.8, 4) is 0 Å². The molecule has 2 rings (SSSR count). The van der Waals surface area contributed by atoms with Crippen LogP contribution in [-0.4, -0.2) is 11.8 Å². The number of nitrogens with one attached hydrogen (secondary N) is 1. The van der Waals surface area contributed by atoms with E-state index < -0.39 is 0 Å². The lowest BCUT2D eigenvalue weighted by molar-refractivity contribution is 0.514. The van der Waals surface area contributed by atoms with Gasteiger partial charge in [-0.25, -0.2) is 0 Å². The van der Waals surface area contributed by atoms with Crippen LogP contribution in [0.25, 0.3) is 0 Å². The molecule has 1 aromatic heterocycles. The topological polar surface area (TPSA) is 12.0 Å². The van der Waals surface area contributed by atoms with Gasteiger partial charge in [0.25, 0.3) is 0 Å². The summed E-state index contributed by atoms with van der Waals surface area (Å²) in [6.45, 7) is 6.99. The van der Waals surface area contributed by atoms with Crippen LogP contribution >= 0.6 is 39.0 Å². The monoisotopic (exact) mass is 303 g/mol. The number of hydrogen-bond acceptors (Lipinski definition) is 3. The second kappa shape index (κ2) is 5.04. The van der Waals surface area contributed by atoms with Crippen molar-refractivity contribution in [2.45, 2.75) is 28.8 Å². The van der Waals surface area contributed by atoms with Crippen LogP contribution in [0, 0.1) is 0 Å². The van der Waals surface area contributed by atoms with E-state index in [9.17, 15) is 0 Å². The molecule has 1 N–H and O–H groups in total. The molecule has 0 amide bonds. The Balaban J connectivity index is 2.09. The summed E-state index contributed by atoms with van der Waals surface area (Å²) in [5.41, 5.74) is 1.47. The average molecular weight is 304 g/mol. The molecule has 0 radical (unpaired) electrons. The van der Waals surface area contributed by atoms with Gasteiger partial charge in [0.1, 0.15) is 0 Å². The van der Waals surface area contributed by atoms with Crippen LogP contribution in [0.15, 0.2) is 26.7 Å². The molecule has 0 aliphatic carbocycles. The van der Waals surface area contributed by atoms with Crippen molar-refractivity contribution in [3.63, 3.8) is 0 Å². The molecule has 1 aromatic rings. The molecule has 2 atom stereocenters. The second-order valence-corrected chi connectivity index (χ2v) is 7.52. The molecule has 1 unspecified atom stereocenters. The zero-order chi connectivity index (χ0) is 10.8. The number of thioether (sulfide) groups is 1. The Morgan fingerprint density at radius 2 is 2.53 bits per heavy atom. The van der Waals surface area contributed by atoms with Gasteiger partial charge in [-0.15, -0.1) is 23.1 Å². The summed E-state index contributed by atoms with van der Waals surface area (Å²) in [5.74, 6) is 0. The van der Waals surface area contributed by atoms with Crippen molar-refractivity contribution >= 4 is 39.0 Å². The summed E-state index contributed by atoms with van der Waals surface area (Å²) in [6.07, 6.45) is 1.20. The van der Waals surface area contributed by atoms with E-state index >= 15 is 0 Å². The molecule has 1 aliphatic heterocycles. The fourth-order valence-electron chi connectivity index (χ4n) is 1.78. The van der Waals surface area contributed by atoms with E-state index in [0.717, 1.165) is 11.0 Å². The van der Waals surface area contributed by atoms with E-state index in [1.807, 2.05) is 23.1 Å². The minimum atomic E-state index is 0.497. The SMILES string of the molecule is C=C(Br)CNC1C[C@H](C)Sc2sccc21. The minimum Gasteiger partial charge on any atom is -0.305 e. The predicted molar refractivity (Wildman–Crippen MR) is 73.1 cm³/mol. The summed E-state index contributed by atoms with van der Waals surface area (Å²) in [5, 5.41) is 6.43. The lowest BCUT2D eigenvalue weighted by Crippen LogP contribution is -2.27. The average Bonchev–Trinajstić information content (AvgIpc) is 2.61. The van der Waals surface area contributed by atoms with Crippen LogP contribution in [0.1, 0.15) is 24.9 Å². The van der Waals surface area contributed by atoms with Crippen molar-refractivity contribution in [1.82, 2.24) is 5.32 Å². The van der Waals surface area contributed by atoms with E-state index in [4.69, 9.17) is 0 Å². The van der Waals surface area contributed by atoms with Gasteiger partial charge in [-0.1, -0.05) is 29.4 Å². The summed E-state index contributed by atoms with van der Waals surface area (Å²) < 4.78 is 2.50. The van der Waals surface area contributed by atoms with E-state index in [1.165, 1.54) is 16.2 Å². The van der Waals surface area contributed by atoms with Gasteiger partial charge in [-0.2, -0.15) is 0 Å².